The summed E-state index contributed by atoms with van der Waals surface area (Å²) in [5, 5.41) is 8.54. The van der Waals surface area contributed by atoms with E-state index >= 15 is 0 Å². The number of thiophene rings is 1. The number of hydrogen-bond acceptors (Lipinski definition) is 4. The van der Waals surface area contributed by atoms with E-state index < -0.39 is 0 Å². The van der Waals surface area contributed by atoms with Crippen molar-refractivity contribution in [3.8, 4) is 0 Å². The summed E-state index contributed by atoms with van der Waals surface area (Å²) >= 11 is 1.46. The molecular formula is C23H21N3OS. The number of benzene rings is 2. The van der Waals surface area contributed by atoms with Gasteiger partial charge in [0.25, 0.3) is 5.91 Å². The van der Waals surface area contributed by atoms with Gasteiger partial charge in [-0.05, 0) is 28.6 Å². The molecule has 0 aliphatic carbocycles. The van der Waals surface area contributed by atoms with Crippen LogP contribution in [0.4, 0.5) is 5.69 Å². The molecule has 0 unspecified atom stereocenters. The summed E-state index contributed by atoms with van der Waals surface area (Å²) in [5.41, 5.74) is 4.23. The van der Waals surface area contributed by atoms with Gasteiger partial charge in [-0.2, -0.15) is 5.10 Å². The van der Waals surface area contributed by atoms with Gasteiger partial charge in [0.2, 0.25) is 0 Å². The fraction of sp³-hybridized carbons (Fsp3) is 0.217. The second-order valence-corrected chi connectivity index (χ2v) is 8.58. The van der Waals surface area contributed by atoms with Crippen molar-refractivity contribution in [2.45, 2.75) is 24.9 Å². The number of fused-ring (bicyclic) bond motifs is 3. The van der Waals surface area contributed by atoms with Crippen LogP contribution in [0.15, 0.2) is 77.2 Å². The van der Waals surface area contributed by atoms with E-state index in [0.29, 0.717) is 4.88 Å². The molecule has 2 aromatic carbocycles. The summed E-state index contributed by atoms with van der Waals surface area (Å²) in [6.07, 6.45) is 0.643. The first-order chi connectivity index (χ1) is 13.6. The summed E-state index contributed by atoms with van der Waals surface area (Å²) in [5.74, 6) is -0.0426. The first kappa shape index (κ1) is 17.2. The third kappa shape index (κ3) is 2.43. The lowest BCUT2D eigenvalue weighted by atomic mass is 9.75. The Balaban J connectivity index is 1.69. The molecule has 2 aliphatic rings. The Kier molecular flexibility index (Phi) is 3.88. The van der Waals surface area contributed by atoms with Crippen LogP contribution in [0.5, 0.6) is 0 Å². The number of nitrogens with zero attached hydrogens (tertiary/aromatic N) is 3. The van der Waals surface area contributed by atoms with Gasteiger partial charge in [0.15, 0.2) is 0 Å². The number of carbonyl (C=O) groups is 1. The molecule has 4 nitrogen and oxygen atoms in total. The van der Waals surface area contributed by atoms with Crippen molar-refractivity contribution in [3.63, 3.8) is 0 Å². The Morgan fingerprint density at radius 2 is 1.82 bits per heavy atom. The molecule has 1 aromatic heterocycles. The van der Waals surface area contributed by atoms with E-state index in [1.807, 2.05) is 35.7 Å². The topological polar surface area (TPSA) is 35.9 Å². The van der Waals surface area contributed by atoms with Crippen LogP contribution in [0, 0.1) is 0 Å². The standard InChI is InChI=1S/C23H21N3OS/c1-23-15-18(16-9-4-3-5-10-16)24-26(21(27)20-13-8-14-28-20)22(23)25(2)19-12-7-6-11-17(19)23/h3-14,22H,15H2,1-2H3/t22-,23-/m0/s1. The van der Waals surface area contributed by atoms with Crippen molar-refractivity contribution in [3.05, 3.63) is 88.1 Å². The zero-order valence-corrected chi connectivity index (χ0v) is 16.7. The number of amides is 1. The Bertz CT molecular complexity index is 1060. The van der Waals surface area contributed by atoms with Gasteiger partial charge in [0.1, 0.15) is 6.17 Å². The van der Waals surface area contributed by atoms with E-state index in [1.165, 1.54) is 22.6 Å². The minimum Gasteiger partial charge on any atom is -0.352 e. The first-order valence-corrected chi connectivity index (χ1v) is 10.3. The van der Waals surface area contributed by atoms with Crippen LogP contribution in [-0.2, 0) is 5.41 Å². The predicted molar refractivity (Wildman–Crippen MR) is 114 cm³/mol. The average Bonchev–Trinajstić information content (AvgIpc) is 3.34. The van der Waals surface area contributed by atoms with E-state index in [1.54, 1.807) is 5.01 Å². The molecular weight excluding hydrogens is 366 g/mol. The molecule has 0 saturated heterocycles. The number of anilines is 1. The van der Waals surface area contributed by atoms with Crippen molar-refractivity contribution >= 4 is 28.6 Å². The van der Waals surface area contributed by atoms with Gasteiger partial charge >= 0.3 is 0 Å². The summed E-state index contributed by atoms with van der Waals surface area (Å²) < 4.78 is 0. The molecule has 5 rings (SSSR count). The van der Waals surface area contributed by atoms with Crippen LogP contribution in [0.1, 0.15) is 34.1 Å². The molecule has 140 valence electrons. The highest BCUT2D eigenvalue weighted by atomic mass is 32.1. The molecule has 3 aromatic rings. The largest absolute Gasteiger partial charge is 0.352 e. The van der Waals surface area contributed by atoms with E-state index in [4.69, 9.17) is 5.10 Å². The highest BCUT2D eigenvalue weighted by Crippen LogP contribution is 2.50. The van der Waals surface area contributed by atoms with Gasteiger partial charge in [0.05, 0.1) is 10.6 Å². The Hall–Kier alpha value is -2.92. The lowest BCUT2D eigenvalue weighted by Crippen LogP contribution is -2.57. The van der Waals surface area contributed by atoms with Gasteiger partial charge in [0, 0.05) is 24.6 Å². The molecule has 0 saturated carbocycles. The van der Waals surface area contributed by atoms with Crippen LogP contribution >= 0.6 is 11.3 Å². The van der Waals surface area contributed by atoms with E-state index in [-0.39, 0.29) is 17.5 Å². The van der Waals surface area contributed by atoms with Gasteiger partial charge < -0.3 is 4.90 Å². The lowest BCUT2D eigenvalue weighted by molar-refractivity contribution is 0.0586. The van der Waals surface area contributed by atoms with Crippen LogP contribution in [0.25, 0.3) is 0 Å². The summed E-state index contributed by atoms with van der Waals surface area (Å²) in [6, 6.07) is 22.4. The molecule has 0 N–H and O–H groups in total. The quantitative estimate of drug-likeness (QED) is 0.637. The smallest absolute Gasteiger partial charge is 0.286 e. The van der Waals surface area contributed by atoms with E-state index in [2.05, 4.69) is 55.3 Å². The second-order valence-electron chi connectivity index (χ2n) is 7.64. The van der Waals surface area contributed by atoms with E-state index in [0.717, 1.165) is 17.7 Å². The molecule has 0 bridgehead atoms. The lowest BCUT2D eigenvalue weighted by Gasteiger charge is -2.44. The number of carbonyl (C=O) groups excluding carboxylic acids is 1. The summed E-state index contributed by atoms with van der Waals surface area (Å²) in [6.45, 7) is 2.26. The Morgan fingerprint density at radius 3 is 2.57 bits per heavy atom. The number of para-hydroxylation sites is 1. The number of hydrazone groups is 1. The molecule has 2 aliphatic heterocycles. The molecule has 5 heteroatoms. The predicted octanol–water partition coefficient (Wildman–Crippen LogP) is 4.73. The molecule has 28 heavy (non-hydrogen) atoms. The normalized spacial score (nSPS) is 23.2. The highest BCUT2D eigenvalue weighted by Gasteiger charge is 2.54. The number of likely N-dealkylation sites (N-methyl/N-ethyl adjacent to an activating group) is 1. The molecule has 2 atom stereocenters. The first-order valence-electron chi connectivity index (χ1n) is 9.42. The van der Waals surface area contributed by atoms with Crippen LogP contribution in [0.3, 0.4) is 0 Å². The van der Waals surface area contributed by atoms with Crippen molar-refractivity contribution in [2.24, 2.45) is 5.10 Å². The van der Waals surface area contributed by atoms with Gasteiger partial charge in [-0.25, -0.2) is 5.01 Å². The van der Waals surface area contributed by atoms with Crippen LogP contribution in [-0.4, -0.2) is 29.8 Å². The van der Waals surface area contributed by atoms with Crippen molar-refractivity contribution in [2.75, 3.05) is 11.9 Å². The maximum Gasteiger partial charge on any atom is 0.286 e. The maximum atomic E-state index is 13.4. The SMILES string of the molecule is CN1c2ccccc2[C@]2(C)CC(c3ccccc3)=NN(C(=O)c3cccs3)[C@H]12. The third-order valence-corrected chi connectivity index (χ3v) is 6.74. The van der Waals surface area contributed by atoms with Gasteiger partial charge in [-0.15, -0.1) is 11.3 Å². The average molecular weight is 388 g/mol. The van der Waals surface area contributed by atoms with Crippen LogP contribution in [0.2, 0.25) is 0 Å². The minimum atomic E-state index is -0.231. The fourth-order valence-corrected chi connectivity index (χ4v) is 5.27. The molecule has 0 spiro atoms. The second kappa shape index (κ2) is 6.31. The highest BCUT2D eigenvalue weighted by molar-refractivity contribution is 7.12. The van der Waals surface area contributed by atoms with E-state index in [9.17, 15) is 4.79 Å². The van der Waals surface area contributed by atoms with Crippen molar-refractivity contribution < 1.29 is 4.79 Å². The molecule has 1 amide bonds. The number of hydrogen-bond donors (Lipinski definition) is 0. The molecule has 0 radical (unpaired) electrons. The van der Waals surface area contributed by atoms with Crippen molar-refractivity contribution in [1.82, 2.24) is 5.01 Å². The van der Waals surface area contributed by atoms with Crippen LogP contribution < -0.4 is 4.90 Å². The monoisotopic (exact) mass is 387 g/mol. The Morgan fingerprint density at radius 1 is 1.07 bits per heavy atom. The third-order valence-electron chi connectivity index (χ3n) is 5.88. The zero-order chi connectivity index (χ0) is 19.3. The maximum absolute atomic E-state index is 13.4. The summed E-state index contributed by atoms with van der Waals surface area (Å²) in [7, 11) is 2.06. The Labute approximate surface area is 168 Å². The molecule has 3 heterocycles. The summed E-state index contributed by atoms with van der Waals surface area (Å²) in [4.78, 5) is 16.3. The molecule has 0 fully saturated rings. The number of rotatable bonds is 2. The zero-order valence-electron chi connectivity index (χ0n) is 15.9. The van der Waals surface area contributed by atoms with Gasteiger partial charge in [-0.3, -0.25) is 4.79 Å². The minimum absolute atomic E-state index is 0.0426. The van der Waals surface area contributed by atoms with Crippen molar-refractivity contribution in [1.29, 1.82) is 0 Å². The fourth-order valence-electron chi connectivity index (χ4n) is 4.61. The van der Waals surface area contributed by atoms with Gasteiger partial charge in [-0.1, -0.05) is 61.5 Å².